The number of amides is 1. The summed E-state index contributed by atoms with van der Waals surface area (Å²) < 4.78 is 7.94. The summed E-state index contributed by atoms with van der Waals surface area (Å²) in [5, 5.41) is 8.74. The van der Waals surface area contributed by atoms with Crippen molar-refractivity contribution in [3.8, 4) is 0 Å². The van der Waals surface area contributed by atoms with Crippen molar-refractivity contribution >= 4 is 5.91 Å². The highest BCUT2D eigenvalue weighted by Gasteiger charge is 2.52. The van der Waals surface area contributed by atoms with Crippen molar-refractivity contribution in [1.29, 1.82) is 0 Å². The number of hydrogen-bond acceptors (Lipinski definition) is 4. The molecule has 1 atom stereocenters. The standard InChI is InChI=1S/C19H26N4O2/c24-18(14-3-1-2-4-14)22-11-16(19(12-22)7-9-25-10-8-19)17-21-20-13-23(17)15-5-6-15/h1-2,13-16H,3-12H2. The van der Waals surface area contributed by atoms with Crippen LogP contribution in [0.15, 0.2) is 18.5 Å². The predicted octanol–water partition coefficient (Wildman–Crippen LogP) is 2.30. The zero-order valence-corrected chi connectivity index (χ0v) is 14.6. The highest BCUT2D eigenvalue weighted by molar-refractivity contribution is 5.80. The summed E-state index contributed by atoms with van der Waals surface area (Å²) >= 11 is 0. The normalized spacial score (nSPS) is 29.0. The van der Waals surface area contributed by atoms with E-state index in [9.17, 15) is 4.79 Å². The van der Waals surface area contributed by atoms with Crippen molar-refractivity contribution in [3.05, 3.63) is 24.3 Å². The Morgan fingerprint density at radius 1 is 1.20 bits per heavy atom. The molecule has 5 rings (SSSR count). The molecule has 1 aromatic heterocycles. The smallest absolute Gasteiger partial charge is 0.226 e. The predicted molar refractivity (Wildman–Crippen MR) is 92.0 cm³/mol. The fraction of sp³-hybridized carbons (Fsp3) is 0.737. The first kappa shape index (κ1) is 15.6. The van der Waals surface area contributed by atoms with E-state index in [4.69, 9.17) is 4.74 Å². The van der Waals surface area contributed by atoms with Crippen LogP contribution in [0.1, 0.15) is 56.3 Å². The van der Waals surface area contributed by atoms with E-state index in [1.54, 1.807) is 0 Å². The van der Waals surface area contributed by atoms with Gasteiger partial charge in [0, 0.05) is 49.6 Å². The average molecular weight is 342 g/mol. The number of hydrogen-bond donors (Lipinski definition) is 0. The lowest BCUT2D eigenvalue weighted by Gasteiger charge is -2.37. The van der Waals surface area contributed by atoms with E-state index in [-0.39, 0.29) is 17.3 Å². The van der Waals surface area contributed by atoms with Crippen LogP contribution in [0.3, 0.4) is 0 Å². The van der Waals surface area contributed by atoms with E-state index in [1.807, 2.05) is 6.33 Å². The van der Waals surface area contributed by atoms with Gasteiger partial charge in [-0.1, -0.05) is 12.2 Å². The van der Waals surface area contributed by atoms with Crippen molar-refractivity contribution in [1.82, 2.24) is 19.7 Å². The van der Waals surface area contributed by atoms with Gasteiger partial charge in [-0.2, -0.15) is 0 Å². The van der Waals surface area contributed by atoms with Gasteiger partial charge in [0.05, 0.1) is 0 Å². The Labute approximate surface area is 148 Å². The monoisotopic (exact) mass is 342 g/mol. The van der Waals surface area contributed by atoms with Crippen LogP contribution in [0, 0.1) is 11.3 Å². The summed E-state index contributed by atoms with van der Waals surface area (Å²) in [6.07, 6.45) is 12.5. The Morgan fingerprint density at radius 2 is 1.96 bits per heavy atom. The van der Waals surface area contributed by atoms with Crippen LogP contribution < -0.4 is 0 Å². The van der Waals surface area contributed by atoms with E-state index in [2.05, 4.69) is 31.8 Å². The van der Waals surface area contributed by atoms with Crippen molar-refractivity contribution in [2.45, 2.75) is 50.5 Å². The van der Waals surface area contributed by atoms with Gasteiger partial charge < -0.3 is 14.2 Å². The van der Waals surface area contributed by atoms with Crippen LogP contribution in [0.2, 0.25) is 0 Å². The molecule has 4 aliphatic rings. The van der Waals surface area contributed by atoms with E-state index >= 15 is 0 Å². The molecule has 1 spiro atoms. The van der Waals surface area contributed by atoms with E-state index in [1.165, 1.54) is 12.8 Å². The minimum atomic E-state index is 0.111. The van der Waals surface area contributed by atoms with Crippen molar-refractivity contribution in [3.63, 3.8) is 0 Å². The topological polar surface area (TPSA) is 60.2 Å². The summed E-state index contributed by atoms with van der Waals surface area (Å²) in [4.78, 5) is 15.2. The Morgan fingerprint density at radius 3 is 2.68 bits per heavy atom. The second-order valence-corrected chi connectivity index (χ2v) is 8.21. The third kappa shape index (κ3) is 2.62. The average Bonchev–Trinajstić information content (AvgIpc) is 3.05. The highest BCUT2D eigenvalue weighted by atomic mass is 16.5. The van der Waals surface area contributed by atoms with Crippen LogP contribution in [-0.4, -0.2) is 51.9 Å². The molecule has 2 saturated heterocycles. The fourth-order valence-electron chi connectivity index (χ4n) is 4.99. The van der Waals surface area contributed by atoms with Gasteiger partial charge in [-0.3, -0.25) is 4.79 Å². The number of likely N-dealkylation sites (tertiary alicyclic amines) is 1. The fourth-order valence-corrected chi connectivity index (χ4v) is 4.99. The first-order valence-corrected chi connectivity index (χ1v) is 9.68. The lowest BCUT2D eigenvalue weighted by molar-refractivity contribution is -0.134. The van der Waals surface area contributed by atoms with Gasteiger partial charge in [-0.05, 0) is 38.5 Å². The Hall–Kier alpha value is -1.69. The van der Waals surface area contributed by atoms with Crippen LogP contribution in [0.25, 0.3) is 0 Å². The van der Waals surface area contributed by atoms with Gasteiger partial charge in [-0.15, -0.1) is 10.2 Å². The molecule has 1 amide bonds. The molecule has 6 nitrogen and oxygen atoms in total. The summed E-state index contributed by atoms with van der Waals surface area (Å²) in [5.74, 6) is 1.87. The third-order valence-corrected chi connectivity index (χ3v) is 6.66. The van der Waals surface area contributed by atoms with Gasteiger partial charge in [0.1, 0.15) is 12.2 Å². The molecule has 0 radical (unpaired) electrons. The molecule has 1 aromatic rings. The third-order valence-electron chi connectivity index (χ3n) is 6.66. The minimum absolute atomic E-state index is 0.111. The van der Waals surface area contributed by atoms with E-state index in [0.717, 1.165) is 57.8 Å². The zero-order chi connectivity index (χ0) is 16.9. The number of carbonyl (C=O) groups excluding carboxylic acids is 1. The quantitative estimate of drug-likeness (QED) is 0.791. The molecule has 1 unspecified atom stereocenters. The van der Waals surface area contributed by atoms with E-state index < -0.39 is 0 Å². The number of nitrogens with zero attached hydrogens (tertiary/aromatic N) is 4. The summed E-state index contributed by atoms with van der Waals surface area (Å²) in [5.41, 5.74) is 0.111. The number of allylic oxidation sites excluding steroid dienone is 2. The molecule has 25 heavy (non-hydrogen) atoms. The number of aromatic nitrogens is 3. The lowest BCUT2D eigenvalue weighted by atomic mass is 9.71. The maximum atomic E-state index is 13.0. The first-order valence-electron chi connectivity index (χ1n) is 9.68. The maximum Gasteiger partial charge on any atom is 0.226 e. The molecule has 2 aliphatic heterocycles. The summed E-state index contributed by atoms with van der Waals surface area (Å²) in [6, 6.07) is 0.575. The van der Waals surface area contributed by atoms with Gasteiger partial charge >= 0.3 is 0 Å². The largest absolute Gasteiger partial charge is 0.381 e. The van der Waals surface area contributed by atoms with Gasteiger partial charge in [0.2, 0.25) is 5.91 Å². The van der Waals surface area contributed by atoms with Gasteiger partial charge in [0.15, 0.2) is 0 Å². The molecule has 2 aliphatic carbocycles. The zero-order valence-electron chi connectivity index (χ0n) is 14.6. The van der Waals surface area contributed by atoms with E-state index in [0.29, 0.717) is 11.9 Å². The SMILES string of the molecule is O=C(C1CC=CC1)N1CC(c2nncn2C2CC2)C2(CCOCC2)C1. The molecule has 0 bridgehead atoms. The van der Waals surface area contributed by atoms with Gasteiger partial charge in [-0.25, -0.2) is 0 Å². The maximum absolute atomic E-state index is 13.0. The molecule has 134 valence electrons. The molecule has 0 aromatic carbocycles. The van der Waals surface area contributed by atoms with Crippen molar-refractivity contribution in [2.24, 2.45) is 11.3 Å². The minimum Gasteiger partial charge on any atom is -0.381 e. The molecule has 3 heterocycles. The Kier molecular flexibility index (Phi) is 3.69. The number of ether oxygens (including phenoxy) is 1. The molecule has 0 N–H and O–H groups in total. The van der Waals surface area contributed by atoms with Crippen molar-refractivity contribution in [2.75, 3.05) is 26.3 Å². The van der Waals surface area contributed by atoms with Crippen LogP contribution in [-0.2, 0) is 9.53 Å². The first-order chi connectivity index (χ1) is 12.3. The van der Waals surface area contributed by atoms with Crippen LogP contribution in [0.4, 0.5) is 0 Å². The second-order valence-electron chi connectivity index (χ2n) is 8.21. The molecule has 1 saturated carbocycles. The highest BCUT2D eigenvalue weighted by Crippen LogP contribution is 2.50. The van der Waals surface area contributed by atoms with Gasteiger partial charge in [0.25, 0.3) is 0 Å². The molecule has 6 heteroatoms. The molecule has 3 fully saturated rings. The Balaban J connectivity index is 1.44. The summed E-state index contributed by atoms with van der Waals surface area (Å²) in [6.45, 7) is 3.23. The summed E-state index contributed by atoms with van der Waals surface area (Å²) in [7, 11) is 0. The van der Waals surface area contributed by atoms with Crippen molar-refractivity contribution < 1.29 is 9.53 Å². The Bertz CT molecular complexity index is 679. The van der Waals surface area contributed by atoms with Crippen LogP contribution >= 0.6 is 0 Å². The number of rotatable bonds is 3. The number of carbonyl (C=O) groups is 1. The molecular weight excluding hydrogens is 316 g/mol. The second kappa shape index (κ2) is 5.94. The molecular formula is C19H26N4O2. The lowest BCUT2D eigenvalue weighted by Crippen LogP contribution is -2.39. The van der Waals surface area contributed by atoms with Crippen LogP contribution in [0.5, 0.6) is 0 Å².